The molecule has 0 bridgehead atoms. The van der Waals surface area contributed by atoms with Crippen molar-refractivity contribution in [3.8, 4) is 0 Å². The Balaban J connectivity index is 1.43. The van der Waals surface area contributed by atoms with E-state index < -0.39 is 11.7 Å². The summed E-state index contributed by atoms with van der Waals surface area (Å²) in [5.74, 6) is 0.699. The van der Waals surface area contributed by atoms with Gasteiger partial charge in [0.1, 0.15) is 0 Å². The normalized spacial score (nSPS) is 17.5. The van der Waals surface area contributed by atoms with Crippen molar-refractivity contribution in [2.45, 2.75) is 48.1 Å². The molecule has 0 unspecified atom stereocenters. The van der Waals surface area contributed by atoms with Crippen LogP contribution in [0.25, 0.3) is 0 Å². The maximum absolute atomic E-state index is 13.3. The highest BCUT2D eigenvalue weighted by Gasteiger charge is 2.33. The van der Waals surface area contributed by atoms with Gasteiger partial charge in [-0.05, 0) is 94.5 Å². The molecule has 7 heteroatoms. The summed E-state index contributed by atoms with van der Waals surface area (Å²) in [4.78, 5) is 6.58. The van der Waals surface area contributed by atoms with Gasteiger partial charge in [0.15, 0.2) is 0 Å². The third-order valence-corrected chi connectivity index (χ3v) is 7.46. The van der Waals surface area contributed by atoms with Crippen LogP contribution in [0.2, 0.25) is 0 Å². The van der Waals surface area contributed by atoms with Gasteiger partial charge < -0.3 is 15.5 Å². The fourth-order valence-electron chi connectivity index (χ4n) is 4.60. The van der Waals surface area contributed by atoms with Crippen LogP contribution in [0.3, 0.4) is 0 Å². The highest BCUT2D eigenvalue weighted by molar-refractivity contribution is 7.99. The van der Waals surface area contributed by atoms with Gasteiger partial charge >= 0.3 is 6.18 Å². The van der Waals surface area contributed by atoms with Gasteiger partial charge in [0.25, 0.3) is 0 Å². The van der Waals surface area contributed by atoms with Gasteiger partial charge in [0.05, 0.1) is 16.9 Å². The SMILES string of the molecule is NCCCN1CCC(CCCN2c3ccccc3Sc3ccc(C(F)(F)F)cc32)CC1. The van der Waals surface area contributed by atoms with Crippen LogP contribution in [0.1, 0.15) is 37.7 Å². The fraction of sp³-hybridized carbons (Fsp3) is 0.500. The maximum Gasteiger partial charge on any atom is 0.416 e. The predicted octanol–water partition coefficient (Wildman–Crippen LogP) is 6.15. The molecule has 2 heterocycles. The number of nitrogens with two attached hydrogens (primary N) is 1. The third kappa shape index (κ3) is 5.38. The first-order chi connectivity index (χ1) is 15.0. The summed E-state index contributed by atoms with van der Waals surface area (Å²) < 4.78 is 40.0. The van der Waals surface area contributed by atoms with Crippen molar-refractivity contribution < 1.29 is 13.2 Å². The molecule has 31 heavy (non-hydrogen) atoms. The van der Waals surface area contributed by atoms with Gasteiger partial charge in [0.2, 0.25) is 0 Å². The molecule has 4 rings (SSSR count). The molecule has 3 nitrogen and oxygen atoms in total. The Hall–Kier alpha value is -1.70. The zero-order valence-electron chi connectivity index (χ0n) is 17.7. The van der Waals surface area contributed by atoms with E-state index >= 15 is 0 Å². The Morgan fingerprint density at radius 1 is 0.935 bits per heavy atom. The first-order valence-corrected chi connectivity index (χ1v) is 12.0. The van der Waals surface area contributed by atoms with Gasteiger partial charge in [-0.2, -0.15) is 13.2 Å². The summed E-state index contributed by atoms with van der Waals surface area (Å²) >= 11 is 1.55. The van der Waals surface area contributed by atoms with Crippen molar-refractivity contribution in [1.29, 1.82) is 0 Å². The highest BCUT2D eigenvalue weighted by Crippen LogP contribution is 2.49. The number of halogens is 3. The number of alkyl halides is 3. The Kier molecular flexibility index (Phi) is 7.14. The van der Waals surface area contributed by atoms with Crippen molar-refractivity contribution in [3.05, 3.63) is 48.0 Å². The molecule has 2 aromatic rings. The molecule has 2 aliphatic rings. The molecular formula is C24H30F3N3S. The molecule has 0 amide bonds. The minimum atomic E-state index is -4.33. The van der Waals surface area contributed by atoms with Crippen molar-refractivity contribution in [3.63, 3.8) is 0 Å². The standard InChI is InChI=1S/C24H30F3N3S/c25-24(26,27)19-8-9-23-21(17-19)30(20-6-1-2-7-22(20)31-23)14-3-5-18-10-15-29(16-11-18)13-4-12-28/h1-2,6-9,17-18H,3-5,10-16,28H2. The van der Waals surface area contributed by atoms with Crippen molar-refractivity contribution in [2.75, 3.05) is 37.6 Å². The van der Waals surface area contributed by atoms with Crippen LogP contribution in [0.5, 0.6) is 0 Å². The molecule has 1 fully saturated rings. The molecule has 2 N–H and O–H groups in total. The summed E-state index contributed by atoms with van der Waals surface area (Å²) in [5, 5.41) is 0. The Morgan fingerprint density at radius 2 is 1.68 bits per heavy atom. The summed E-state index contributed by atoms with van der Waals surface area (Å²) in [6.07, 6.45) is 1.21. The number of hydrogen-bond donors (Lipinski definition) is 1. The first kappa shape index (κ1) is 22.5. The molecule has 1 saturated heterocycles. The molecular weight excluding hydrogens is 419 g/mol. The number of benzene rings is 2. The second kappa shape index (κ2) is 9.84. The van der Waals surface area contributed by atoms with Crippen molar-refractivity contribution >= 4 is 23.1 Å². The van der Waals surface area contributed by atoms with E-state index in [1.165, 1.54) is 25.0 Å². The monoisotopic (exact) mass is 449 g/mol. The Bertz CT molecular complexity index is 879. The number of piperidine rings is 1. The Labute approximate surface area is 186 Å². The van der Waals surface area contributed by atoms with E-state index in [-0.39, 0.29) is 0 Å². The minimum Gasteiger partial charge on any atom is -0.340 e. The number of hydrogen-bond acceptors (Lipinski definition) is 4. The van der Waals surface area contributed by atoms with Crippen LogP contribution in [0.4, 0.5) is 24.5 Å². The quantitative estimate of drug-likeness (QED) is 0.550. The van der Waals surface area contributed by atoms with E-state index in [0.717, 1.165) is 67.5 Å². The van der Waals surface area contributed by atoms with Gasteiger partial charge in [-0.1, -0.05) is 23.9 Å². The number of rotatable bonds is 7. The lowest BCUT2D eigenvalue weighted by molar-refractivity contribution is -0.137. The van der Waals surface area contributed by atoms with Gasteiger partial charge in [-0.3, -0.25) is 0 Å². The van der Waals surface area contributed by atoms with Crippen LogP contribution >= 0.6 is 11.8 Å². The fourth-order valence-corrected chi connectivity index (χ4v) is 5.67. The second-order valence-electron chi connectivity index (χ2n) is 8.47. The van der Waals surface area contributed by atoms with Crippen molar-refractivity contribution in [1.82, 2.24) is 4.90 Å². The molecule has 168 valence electrons. The number of anilines is 2. The maximum atomic E-state index is 13.3. The molecule has 0 atom stereocenters. The van der Waals surface area contributed by atoms with Crippen LogP contribution in [-0.2, 0) is 6.18 Å². The molecule has 2 aliphatic heterocycles. The lowest BCUT2D eigenvalue weighted by Gasteiger charge is -2.35. The summed E-state index contributed by atoms with van der Waals surface area (Å²) in [6, 6.07) is 12.1. The minimum absolute atomic E-state index is 0.582. The number of fused-ring (bicyclic) bond motifs is 2. The average Bonchev–Trinajstić information content (AvgIpc) is 2.77. The molecule has 0 radical (unpaired) electrons. The van der Waals surface area contributed by atoms with Gasteiger partial charge in [0, 0.05) is 16.3 Å². The first-order valence-electron chi connectivity index (χ1n) is 11.1. The van der Waals surface area contributed by atoms with Gasteiger partial charge in [-0.15, -0.1) is 0 Å². The van der Waals surface area contributed by atoms with E-state index in [4.69, 9.17) is 5.73 Å². The van der Waals surface area contributed by atoms with Crippen LogP contribution in [0.15, 0.2) is 52.3 Å². The van der Waals surface area contributed by atoms with E-state index in [0.29, 0.717) is 11.6 Å². The number of para-hydroxylation sites is 1. The summed E-state index contributed by atoms with van der Waals surface area (Å²) in [6.45, 7) is 4.83. The van der Waals surface area contributed by atoms with E-state index in [2.05, 4.69) is 9.80 Å². The van der Waals surface area contributed by atoms with Crippen LogP contribution in [-0.4, -0.2) is 37.6 Å². The lowest BCUT2D eigenvalue weighted by Crippen LogP contribution is -2.35. The summed E-state index contributed by atoms with van der Waals surface area (Å²) in [7, 11) is 0. The highest BCUT2D eigenvalue weighted by atomic mass is 32.2. The van der Waals surface area contributed by atoms with E-state index in [9.17, 15) is 13.2 Å². The average molecular weight is 450 g/mol. The predicted molar refractivity (Wildman–Crippen MR) is 121 cm³/mol. The van der Waals surface area contributed by atoms with Crippen LogP contribution in [0, 0.1) is 5.92 Å². The molecule has 0 aliphatic carbocycles. The number of likely N-dealkylation sites (tertiary alicyclic amines) is 1. The lowest BCUT2D eigenvalue weighted by atomic mass is 9.92. The molecule has 0 spiro atoms. The zero-order chi connectivity index (χ0) is 21.8. The largest absolute Gasteiger partial charge is 0.416 e. The van der Waals surface area contributed by atoms with Gasteiger partial charge in [-0.25, -0.2) is 0 Å². The summed E-state index contributed by atoms with van der Waals surface area (Å²) in [5.41, 5.74) is 6.72. The van der Waals surface area contributed by atoms with Crippen LogP contribution < -0.4 is 10.6 Å². The molecule has 0 saturated carbocycles. The van der Waals surface area contributed by atoms with Crippen molar-refractivity contribution in [2.24, 2.45) is 11.7 Å². The third-order valence-electron chi connectivity index (χ3n) is 6.33. The topological polar surface area (TPSA) is 32.5 Å². The van der Waals surface area contributed by atoms with E-state index in [1.54, 1.807) is 17.8 Å². The smallest absolute Gasteiger partial charge is 0.340 e. The zero-order valence-corrected chi connectivity index (χ0v) is 18.5. The Morgan fingerprint density at radius 3 is 2.42 bits per heavy atom. The number of nitrogens with zero attached hydrogens (tertiary/aromatic N) is 2. The molecule has 2 aromatic carbocycles. The second-order valence-corrected chi connectivity index (χ2v) is 9.55. The molecule has 0 aromatic heterocycles. The van der Waals surface area contributed by atoms with E-state index in [1.807, 2.05) is 24.3 Å².